The summed E-state index contributed by atoms with van der Waals surface area (Å²) in [5.41, 5.74) is 3.48. The number of anilines is 2. The molecule has 122 valence electrons. The Morgan fingerprint density at radius 3 is 1.58 bits per heavy atom. The lowest BCUT2D eigenvalue weighted by molar-refractivity contribution is 0.968. The van der Waals surface area contributed by atoms with Crippen LogP contribution in [0.1, 0.15) is 5.56 Å². The van der Waals surface area contributed by atoms with Crippen LogP contribution in [0.4, 0.5) is 11.4 Å². The maximum atomic E-state index is 3.70. The molecule has 0 aromatic heterocycles. The summed E-state index contributed by atoms with van der Waals surface area (Å²) >= 11 is 14.5. The maximum absolute atomic E-state index is 3.70. The van der Waals surface area contributed by atoms with Gasteiger partial charge in [0.15, 0.2) is 0 Å². The van der Waals surface area contributed by atoms with E-state index in [4.69, 9.17) is 0 Å². The summed E-state index contributed by atoms with van der Waals surface area (Å²) in [4.78, 5) is 2.29. The molecule has 24 heavy (non-hydrogen) atoms. The van der Waals surface area contributed by atoms with Crippen LogP contribution in [0.25, 0.3) is 0 Å². The fourth-order valence-electron chi connectivity index (χ4n) is 2.47. The first-order valence-electron chi connectivity index (χ1n) is 7.26. The van der Waals surface area contributed by atoms with E-state index in [2.05, 4.69) is 129 Å². The molecule has 3 rings (SSSR count). The van der Waals surface area contributed by atoms with Gasteiger partial charge in [-0.1, -0.05) is 62.2 Å². The van der Waals surface area contributed by atoms with E-state index < -0.39 is 0 Å². The van der Waals surface area contributed by atoms with Crippen LogP contribution in [0.5, 0.6) is 0 Å². The average Bonchev–Trinajstić information content (AvgIpc) is 2.55. The smallest absolute Gasteiger partial charge is 0.0559 e. The summed E-state index contributed by atoms with van der Waals surface area (Å²) in [6.45, 7) is 0.779. The van der Waals surface area contributed by atoms with Crippen molar-refractivity contribution in [3.63, 3.8) is 0 Å². The van der Waals surface area contributed by atoms with Gasteiger partial charge in [-0.15, -0.1) is 0 Å². The Hall–Kier alpha value is -0.620. The first-order chi connectivity index (χ1) is 11.5. The summed E-state index contributed by atoms with van der Waals surface area (Å²) < 4.78 is 4.19. The lowest BCUT2D eigenvalue weighted by atomic mass is 10.1. The molecule has 5 heteroatoms. The Morgan fingerprint density at radius 2 is 1.12 bits per heavy atom. The molecule has 0 radical (unpaired) electrons. The van der Waals surface area contributed by atoms with Gasteiger partial charge in [-0.25, -0.2) is 0 Å². The lowest BCUT2D eigenvalue weighted by Crippen LogP contribution is -2.17. The molecule has 0 saturated heterocycles. The van der Waals surface area contributed by atoms with Gasteiger partial charge in [-0.2, -0.15) is 0 Å². The zero-order chi connectivity index (χ0) is 17.1. The minimum absolute atomic E-state index is 0.779. The number of benzene rings is 3. The van der Waals surface area contributed by atoms with E-state index in [1.807, 2.05) is 6.07 Å². The number of nitrogens with zero attached hydrogens (tertiary/aromatic N) is 1. The van der Waals surface area contributed by atoms with Gasteiger partial charge >= 0.3 is 0 Å². The Morgan fingerprint density at radius 1 is 0.625 bits per heavy atom. The lowest BCUT2D eigenvalue weighted by Gasteiger charge is -2.27. The van der Waals surface area contributed by atoms with Crippen molar-refractivity contribution in [3.05, 3.63) is 90.2 Å². The molecular weight excluding hydrogens is 562 g/mol. The SMILES string of the molecule is Brc1ccc(N(Cc2ccccc2)c2ccc(Br)cc2Br)c(Br)c1. The number of hydrogen-bond donors (Lipinski definition) is 0. The zero-order valence-corrected chi connectivity index (χ0v) is 18.9. The van der Waals surface area contributed by atoms with Crippen molar-refractivity contribution in [3.8, 4) is 0 Å². The highest BCUT2D eigenvalue weighted by molar-refractivity contribution is 9.11. The fourth-order valence-corrected chi connectivity index (χ4v) is 4.99. The fraction of sp³-hybridized carbons (Fsp3) is 0.0526. The highest BCUT2D eigenvalue weighted by Gasteiger charge is 2.16. The molecule has 1 nitrogen and oxygen atoms in total. The summed E-state index contributed by atoms with van der Waals surface area (Å²) in [5.74, 6) is 0. The quantitative estimate of drug-likeness (QED) is 0.305. The van der Waals surface area contributed by atoms with Gasteiger partial charge in [0.1, 0.15) is 0 Å². The predicted octanol–water partition coefficient (Wildman–Crippen LogP) is 8.07. The first-order valence-corrected chi connectivity index (χ1v) is 10.4. The van der Waals surface area contributed by atoms with Crippen molar-refractivity contribution in [1.29, 1.82) is 0 Å². The normalized spacial score (nSPS) is 10.7. The first kappa shape index (κ1) is 18.2. The number of halogens is 4. The van der Waals surface area contributed by atoms with Crippen molar-refractivity contribution in [2.24, 2.45) is 0 Å². The third-order valence-corrected chi connectivity index (χ3v) is 5.84. The molecule has 0 amide bonds. The van der Waals surface area contributed by atoms with Crippen LogP contribution in [0, 0.1) is 0 Å². The van der Waals surface area contributed by atoms with Crippen molar-refractivity contribution in [2.45, 2.75) is 6.54 Å². The second kappa shape index (κ2) is 8.17. The molecule has 0 atom stereocenters. The molecule has 0 heterocycles. The molecule has 0 aliphatic rings. The molecule has 0 saturated carbocycles. The Bertz CT molecular complexity index is 798. The van der Waals surface area contributed by atoms with Gasteiger partial charge < -0.3 is 4.90 Å². The molecule has 3 aromatic carbocycles. The third-order valence-electron chi connectivity index (χ3n) is 3.58. The van der Waals surface area contributed by atoms with Crippen LogP contribution in [0.15, 0.2) is 84.6 Å². The van der Waals surface area contributed by atoms with Crippen LogP contribution >= 0.6 is 63.7 Å². The molecule has 0 N–H and O–H groups in total. The van der Waals surface area contributed by atoms with Crippen molar-refractivity contribution < 1.29 is 0 Å². The predicted molar refractivity (Wildman–Crippen MR) is 116 cm³/mol. The van der Waals surface area contributed by atoms with E-state index in [0.717, 1.165) is 35.8 Å². The largest absolute Gasteiger partial charge is 0.335 e. The maximum Gasteiger partial charge on any atom is 0.0559 e. The molecular formula is C19H13Br4N. The van der Waals surface area contributed by atoms with E-state index in [1.165, 1.54) is 5.56 Å². The van der Waals surface area contributed by atoms with E-state index in [-0.39, 0.29) is 0 Å². The average molecular weight is 575 g/mol. The minimum atomic E-state index is 0.779. The standard InChI is InChI=1S/C19H13Br4N/c20-14-6-8-18(16(22)10-14)24(12-13-4-2-1-3-5-13)19-9-7-15(21)11-17(19)23/h1-11H,12H2. The van der Waals surface area contributed by atoms with Crippen molar-refractivity contribution in [2.75, 3.05) is 4.90 Å². The zero-order valence-electron chi connectivity index (χ0n) is 12.5. The summed E-state index contributed by atoms with van der Waals surface area (Å²) in [7, 11) is 0. The van der Waals surface area contributed by atoms with Gasteiger partial charge in [0.2, 0.25) is 0 Å². The Labute approximate surface area is 175 Å². The van der Waals surface area contributed by atoms with Crippen molar-refractivity contribution in [1.82, 2.24) is 0 Å². The molecule has 0 bridgehead atoms. The second-order valence-corrected chi connectivity index (χ2v) is 8.80. The van der Waals surface area contributed by atoms with Crippen LogP contribution < -0.4 is 4.90 Å². The van der Waals surface area contributed by atoms with Crippen LogP contribution in [0.2, 0.25) is 0 Å². The summed E-state index contributed by atoms with van der Waals surface area (Å²) in [6, 6.07) is 23.0. The molecule has 3 aromatic rings. The minimum Gasteiger partial charge on any atom is -0.335 e. The van der Waals surface area contributed by atoms with Gasteiger partial charge in [0, 0.05) is 24.4 Å². The third kappa shape index (κ3) is 4.31. The molecule has 0 aliphatic heterocycles. The summed E-state index contributed by atoms with van der Waals surface area (Å²) in [6.07, 6.45) is 0. The van der Waals surface area contributed by atoms with Crippen LogP contribution in [-0.4, -0.2) is 0 Å². The van der Waals surface area contributed by atoms with Crippen LogP contribution in [-0.2, 0) is 6.54 Å². The number of hydrogen-bond acceptors (Lipinski definition) is 1. The molecule has 0 fully saturated rings. The van der Waals surface area contributed by atoms with E-state index >= 15 is 0 Å². The van der Waals surface area contributed by atoms with Gasteiger partial charge in [0.25, 0.3) is 0 Å². The topological polar surface area (TPSA) is 3.24 Å². The summed E-state index contributed by atoms with van der Waals surface area (Å²) in [5, 5.41) is 0. The number of rotatable bonds is 4. The van der Waals surface area contributed by atoms with Gasteiger partial charge in [0.05, 0.1) is 11.4 Å². The van der Waals surface area contributed by atoms with E-state index in [9.17, 15) is 0 Å². The highest BCUT2D eigenvalue weighted by Crippen LogP contribution is 2.39. The second-order valence-electron chi connectivity index (χ2n) is 5.26. The van der Waals surface area contributed by atoms with E-state index in [1.54, 1.807) is 0 Å². The van der Waals surface area contributed by atoms with Gasteiger partial charge in [-0.3, -0.25) is 0 Å². The van der Waals surface area contributed by atoms with Gasteiger partial charge in [-0.05, 0) is 73.8 Å². The Balaban J connectivity index is 2.09. The van der Waals surface area contributed by atoms with Crippen LogP contribution in [0.3, 0.4) is 0 Å². The molecule has 0 spiro atoms. The monoisotopic (exact) mass is 571 g/mol. The molecule has 0 unspecified atom stereocenters. The van der Waals surface area contributed by atoms with Crippen molar-refractivity contribution >= 4 is 75.1 Å². The highest BCUT2D eigenvalue weighted by atomic mass is 79.9. The van der Waals surface area contributed by atoms with E-state index in [0.29, 0.717) is 0 Å². The molecule has 0 aliphatic carbocycles. The Kier molecular flexibility index (Phi) is 6.19.